The normalized spacial score (nSPS) is 21.2. The van der Waals surface area contributed by atoms with Crippen LogP contribution in [0.2, 0.25) is 0 Å². The van der Waals surface area contributed by atoms with Gasteiger partial charge < -0.3 is 14.6 Å². The van der Waals surface area contributed by atoms with Gasteiger partial charge in [0.05, 0.1) is 35.3 Å². The first kappa shape index (κ1) is 17.0. The highest BCUT2D eigenvalue weighted by Crippen LogP contribution is 2.31. The summed E-state index contributed by atoms with van der Waals surface area (Å²) in [4.78, 5) is 13.1. The van der Waals surface area contributed by atoms with Crippen LogP contribution in [0.4, 0.5) is 5.82 Å². The summed E-state index contributed by atoms with van der Waals surface area (Å²) >= 11 is 0. The summed E-state index contributed by atoms with van der Waals surface area (Å²) in [6, 6.07) is 0.278. The molecule has 0 bridgehead atoms. The van der Waals surface area contributed by atoms with Crippen molar-refractivity contribution in [3.63, 3.8) is 0 Å². The Labute approximate surface area is 152 Å². The molecule has 0 aromatic carbocycles. The standard InChI is InChI=1S/C18H25N7O/c1-18(2,3)25-17-13(8-22-25)16(20-10-21-17)23-12-5-6-26-15(7-12)14-9-19-11-24(14)4/h8-12,15H,5-7H2,1-4H3,(H,20,21,23)/t12-,15-/m1/s1. The van der Waals surface area contributed by atoms with Gasteiger partial charge in [-0.3, -0.25) is 0 Å². The van der Waals surface area contributed by atoms with Gasteiger partial charge in [-0.15, -0.1) is 0 Å². The van der Waals surface area contributed by atoms with E-state index in [-0.39, 0.29) is 17.7 Å². The highest BCUT2D eigenvalue weighted by Gasteiger charge is 2.27. The van der Waals surface area contributed by atoms with Crippen molar-refractivity contribution in [2.45, 2.75) is 51.3 Å². The van der Waals surface area contributed by atoms with Gasteiger partial charge in [0.2, 0.25) is 0 Å². The lowest BCUT2D eigenvalue weighted by atomic mass is 10.0. The number of rotatable bonds is 3. The molecule has 4 rings (SSSR count). The summed E-state index contributed by atoms with van der Waals surface area (Å²) < 4.78 is 9.92. The maximum absolute atomic E-state index is 5.96. The minimum Gasteiger partial charge on any atom is -0.372 e. The summed E-state index contributed by atoms with van der Waals surface area (Å²) in [7, 11) is 2.00. The maximum atomic E-state index is 5.96. The summed E-state index contributed by atoms with van der Waals surface area (Å²) in [6.45, 7) is 7.06. The van der Waals surface area contributed by atoms with E-state index in [2.05, 4.69) is 46.1 Å². The van der Waals surface area contributed by atoms with Gasteiger partial charge in [0, 0.05) is 19.7 Å². The first-order chi connectivity index (χ1) is 12.4. The molecule has 0 unspecified atom stereocenters. The first-order valence-electron chi connectivity index (χ1n) is 8.97. The fraction of sp³-hybridized carbons (Fsp3) is 0.556. The Morgan fingerprint density at radius 1 is 1.23 bits per heavy atom. The Morgan fingerprint density at radius 3 is 2.81 bits per heavy atom. The highest BCUT2D eigenvalue weighted by atomic mass is 16.5. The van der Waals surface area contributed by atoms with Crippen LogP contribution in [0, 0.1) is 0 Å². The minimum atomic E-state index is -0.128. The second-order valence-corrected chi connectivity index (χ2v) is 7.84. The minimum absolute atomic E-state index is 0.0448. The molecule has 3 aromatic heterocycles. The molecule has 8 nitrogen and oxygen atoms in total. The molecule has 0 radical (unpaired) electrons. The topological polar surface area (TPSA) is 82.7 Å². The Bertz CT molecular complexity index is 908. The predicted octanol–water partition coefficient (Wildman–Crippen LogP) is 2.65. The van der Waals surface area contributed by atoms with E-state index in [9.17, 15) is 0 Å². The van der Waals surface area contributed by atoms with E-state index in [0.717, 1.165) is 35.4 Å². The van der Waals surface area contributed by atoms with E-state index in [1.807, 2.05) is 35.0 Å². The van der Waals surface area contributed by atoms with Gasteiger partial charge >= 0.3 is 0 Å². The van der Waals surface area contributed by atoms with Gasteiger partial charge in [0.15, 0.2) is 5.65 Å². The van der Waals surface area contributed by atoms with Crippen molar-refractivity contribution in [2.75, 3.05) is 11.9 Å². The number of imidazole rings is 1. The van der Waals surface area contributed by atoms with Crippen LogP contribution in [-0.4, -0.2) is 41.9 Å². The number of nitrogens with one attached hydrogen (secondary N) is 1. The first-order valence-corrected chi connectivity index (χ1v) is 8.97. The van der Waals surface area contributed by atoms with Crippen molar-refractivity contribution in [3.8, 4) is 0 Å². The van der Waals surface area contributed by atoms with Gasteiger partial charge in [-0.2, -0.15) is 5.10 Å². The Kier molecular flexibility index (Phi) is 4.14. The average Bonchev–Trinajstić information content (AvgIpc) is 3.21. The zero-order chi connectivity index (χ0) is 18.3. The van der Waals surface area contributed by atoms with Crippen LogP contribution in [0.1, 0.15) is 45.4 Å². The van der Waals surface area contributed by atoms with Gasteiger partial charge in [0.1, 0.15) is 18.2 Å². The Balaban J connectivity index is 1.57. The molecule has 1 fully saturated rings. The van der Waals surface area contributed by atoms with E-state index < -0.39 is 0 Å². The fourth-order valence-corrected chi connectivity index (χ4v) is 3.46. The smallest absolute Gasteiger partial charge is 0.163 e. The number of anilines is 1. The molecule has 1 aliphatic rings. The van der Waals surface area contributed by atoms with Crippen LogP contribution in [-0.2, 0) is 17.3 Å². The number of aryl methyl sites for hydroxylation is 1. The van der Waals surface area contributed by atoms with Crippen molar-refractivity contribution in [1.82, 2.24) is 29.3 Å². The maximum Gasteiger partial charge on any atom is 0.163 e. The van der Waals surface area contributed by atoms with E-state index >= 15 is 0 Å². The molecular formula is C18H25N7O. The lowest BCUT2D eigenvalue weighted by Gasteiger charge is -2.30. The van der Waals surface area contributed by atoms with E-state index in [1.54, 1.807) is 6.33 Å². The molecule has 1 N–H and O–H groups in total. The van der Waals surface area contributed by atoms with Gasteiger partial charge in [-0.05, 0) is 33.6 Å². The lowest BCUT2D eigenvalue weighted by Crippen LogP contribution is -2.31. The molecular weight excluding hydrogens is 330 g/mol. The number of nitrogens with zero attached hydrogens (tertiary/aromatic N) is 6. The van der Waals surface area contributed by atoms with Crippen LogP contribution in [0.15, 0.2) is 25.0 Å². The predicted molar refractivity (Wildman–Crippen MR) is 98.9 cm³/mol. The number of aromatic nitrogens is 6. The second-order valence-electron chi connectivity index (χ2n) is 7.84. The molecule has 0 spiro atoms. The lowest BCUT2D eigenvalue weighted by molar-refractivity contribution is 0.00556. The SMILES string of the molecule is Cn1cncc1[C@H]1C[C@H](Nc2ncnc3c2cnn3C(C)(C)C)CCO1. The number of hydrogen-bond acceptors (Lipinski definition) is 6. The molecule has 8 heteroatoms. The van der Waals surface area contributed by atoms with Crippen molar-refractivity contribution in [2.24, 2.45) is 7.05 Å². The van der Waals surface area contributed by atoms with Crippen LogP contribution >= 0.6 is 0 Å². The largest absolute Gasteiger partial charge is 0.372 e. The summed E-state index contributed by atoms with van der Waals surface area (Å²) in [5.74, 6) is 0.834. The average molecular weight is 355 g/mol. The Morgan fingerprint density at radius 2 is 2.08 bits per heavy atom. The molecule has 3 aromatic rings. The molecule has 1 aliphatic heterocycles. The Hall–Kier alpha value is -2.48. The molecule has 2 atom stereocenters. The molecule has 0 saturated carbocycles. The molecule has 138 valence electrons. The fourth-order valence-electron chi connectivity index (χ4n) is 3.46. The summed E-state index contributed by atoms with van der Waals surface area (Å²) in [5, 5.41) is 9.06. The molecule has 4 heterocycles. The number of ether oxygens (including phenoxy) is 1. The van der Waals surface area contributed by atoms with Crippen LogP contribution < -0.4 is 5.32 Å². The third-order valence-electron chi connectivity index (χ3n) is 4.81. The summed E-state index contributed by atoms with van der Waals surface area (Å²) in [6.07, 6.45) is 9.00. The van der Waals surface area contributed by atoms with Gasteiger partial charge in [0.25, 0.3) is 0 Å². The number of hydrogen-bond donors (Lipinski definition) is 1. The molecule has 26 heavy (non-hydrogen) atoms. The van der Waals surface area contributed by atoms with Gasteiger partial charge in [-0.25, -0.2) is 19.6 Å². The van der Waals surface area contributed by atoms with Crippen molar-refractivity contribution in [1.29, 1.82) is 0 Å². The van der Waals surface area contributed by atoms with Crippen molar-refractivity contribution in [3.05, 3.63) is 30.7 Å². The highest BCUT2D eigenvalue weighted by molar-refractivity contribution is 5.86. The van der Waals surface area contributed by atoms with Crippen LogP contribution in [0.5, 0.6) is 0 Å². The molecule has 0 aliphatic carbocycles. The second kappa shape index (κ2) is 6.35. The van der Waals surface area contributed by atoms with E-state index in [1.165, 1.54) is 0 Å². The third kappa shape index (κ3) is 3.05. The van der Waals surface area contributed by atoms with Crippen molar-refractivity contribution >= 4 is 16.9 Å². The van der Waals surface area contributed by atoms with Crippen molar-refractivity contribution < 1.29 is 4.74 Å². The number of fused-ring (bicyclic) bond motifs is 1. The molecule has 0 amide bonds. The van der Waals surface area contributed by atoms with Gasteiger partial charge in [-0.1, -0.05) is 0 Å². The van der Waals surface area contributed by atoms with E-state index in [4.69, 9.17) is 4.74 Å². The zero-order valence-corrected chi connectivity index (χ0v) is 15.7. The monoisotopic (exact) mass is 355 g/mol. The van der Waals surface area contributed by atoms with E-state index in [0.29, 0.717) is 6.61 Å². The summed E-state index contributed by atoms with van der Waals surface area (Å²) in [5.41, 5.74) is 1.83. The quantitative estimate of drug-likeness (QED) is 0.778. The third-order valence-corrected chi connectivity index (χ3v) is 4.81. The molecule has 1 saturated heterocycles. The van der Waals surface area contributed by atoms with Crippen LogP contribution in [0.25, 0.3) is 11.0 Å². The zero-order valence-electron chi connectivity index (χ0n) is 15.7. The van der Waals surface area contributed by atoms with Crippen LogP contribution in [0.3, 0.4) is 0 Å².